The molecule has 60 valence electrons. The number of hydrogen-bond acceptors (Lipinski definition) is 1. The maximum atomic E-state index is 5.87. The summed E-state index contributed by atoms with van der Waals surface area (Å²) in [6.07, 6.45) is 1.65. The van der Waals surface area contributed by atoms with E-state index in [-0.39, 0.29) is 0 Å². The van der Waals surface area contributed by atoms with Gasteiger partial charge < -0.3 is 0 Å². The Morgan fingerprint density at radius 1 is 1.82 bits per heavy atom. The smallest absolute Gasteiger partial charge is 0.0862 e. The highest BCUT2D eigenvalue weighted by molar-refractivity contribution is 6.32. The van der Waals surface area contributed by atoms with Crippen LogP contribution in [0.25, 0.3) is 5.57 Å². The zero-order valence-electron chi connectivity index (χ0n) is 6.76. The average Bonchev–Trinajstić information content (AvgIpc) is 2.30. The summed E-state index contributed by atoms with van der Waals surface area (Å²) >= 11 is 5.87. The van der Waals surface area contributed by atoms with Crippen LogP contribution in [0.2, 0.25) is 5.02 Å². The minimum absolute atomic E-state index is 0.680. The summed E-state index contributed by atoms with van der Waals surface area (Å²) in [7, 11) is 0. The molecule has 0 aromatic carbocycles. The molecular formula is C8H11ClN2. The molecule has 2 nitrogen and oxygen atoms in total. The Morgan fingerprint density at radius 3 is 2.82 bits per heavy atom. The lowest BCUT2D eigenvalue weighted by Crippen LogP contribution is -2.00. The van der Waals surface area contributed by atoms with E-state index >= 15 is 0 Å². The Bertz CT molecular complexity index is 276. The van der Waals surface area contributed by atoms with E-state index in [1.165, 1.54) is 0 Å². The summed E-state index contributed by atoms with van der Waals surface area (Å²) in [6, 6.07) is 0. The van der Waals surface area contributed by atoms with E-state index in [1.807, 2.05) is 18.5 Å². The molecule has 0 bridgehead atoms. The molecule has 11 heavy (non-hydrogen) atoms. The van der Waals surface area contributed by atoms with Crippen LogP contribution in [0.1, 0.15) is 19.5 Å². The van der Waals surface area contributed by atoms with Crippen molar-refractivity contribution in [2.45, 2.75) is 20.4 Å². The summed E-state index contributed by atoms with van der Waals surface area (Å²) in [6.45, 7) is 8.60. The Hall–Kier alpha value is -0.760. The first-order valence-corrected chi connectivity index (χ1v) is 3.91. The van der Waals surface area contributed by atoms with Crippen LogP contribution in [-0.2, 0) is 6.54 Å². The summed E-state index contributed by atoms with van der Waals surface area (Å²) in [5, 5.41) is 4.76. The maximum absolute atomic E-state index is 5.87. The van der Waals surface area contributed by atoms with Crippen LogP contribution < -0.4 is 0 Å². The average molecular weight is 171 g/mol. The van der Waals surface area contributed by atoms with Crippen LogP contribution in [0.15, 0.2) is 12.8 Å². The van der Waals surface area contributed by atoms with Gasteiger partial charge in [-0.05, 0) is 19.4 Å². The molecule has 0 aliphatic carbocycles. The fourth-order valence-electron chi connectivity index (χ4n) is 1.03. The quantitative estimate of drug-likeness (QED) is 0.667. The standard InChI is InChI=1S/C8H11ClN2/c1-4-11-8(6(2)3)7(9)5-10-11/h5H,2,4H2,1,3H3. The van der Waals surface area contributed by atoms with Gasteiger partial charge in [-0.25, -0.2) is 0 Å². The molecule has 0 aliphatic rings. The summed E-state index contributed by atoms with van der Waals surface area (Å²) in [5.41, 5.74) is 1.89. The van der Waals surface area contributed by atoms with Crippen molar-refractivity contribution < 1.29 is 0 Å². The molecule has 0 radical (unpaired) electrons. The molecule has 0 fully saturated rings. The summed E-state index contributed by atoms with van der Waals surface area (Å²) < 4.78 is 1.84. The highest BCUT2D eigenvalue weighted by Crippen LogP contribution is 2.21. The van der Waals surface area contributed by atoms with E-state index in [2.05, 4.69) is 11.7 Å². The lowest BCUT2D eigenvalue weighted by Gasteiger charge is -2.02. The van der Waals surface area contributed by atoms with Crippen LogP contribution in [0, 0.1) is 0 Å². The van der Waals surface area contributed by atoms with Crippen LogP contribution in [-0.4, -0.2) is 9.78 Å². The first kappa shape index (κ1) is 8.34. The zero-order chi connectivity index (χ0) is 8.43. The Kier molecular flexibility index (Phi) is 2.35. The minimum atomic E-state index is 0.680. The molecule has 0 spiro atoms. The van der Waals surface area contributed by atoms with Gasteiger partial charge >= 0.3 is 0 Å². The molecule has 3 heteroatoms. The molecule has 1 rings (SSSR count). The maximum Gasteiger partial charge on any atom is 0.0862 e. The predicted molar refractivity (Wildman–Crippen MR) is 47.6 cm³/mol. The molecule has 1 aromatic rings. The van der Waals surface area contributed by atoms with Gasteiger partial charge in [-0.1, -0.05) is 18.2 Å². The highest BCUT2D eigenvalue weighted by atomic mass is 35.5. The van der Waals surface area contributed by atoms with Crippen molar-refractivity contribution in [1.29, 1.82) is 0 Å². The molecule has 0 saturated heterocycles. The number of halogens is 1. The van der Waals surface area contributed by atoms with Crippen molar-refractivity contribution >= 4 is 17.2 Å². The number of hydrogen-bond donors (Lipinski definition) is 0. The molecule has 0 atom stereocenters. The first-order chi connectivity index (χ1) is 5.16. The lowest BCUT2D eigenvalue weighted by molar-refractivity contribution is 0.651. The largest absolute Gasteiger partial charge is 0.264 e. The number of aryl methyl sites for hydroxylation is 1. The topological polar surface area (TPSA) is 17.8 Å². The highest BCUT2D eigenvalue weighted by Gasteiger charge is 2.06. The van der Waals surface area contributed by atoms with Gasteiger partial charge in [0.2, 0.25) is 0 Å². The van der Waals surface area contributed by atoms with Gasteiger partial charge in [0.05, 0.1) is 16.9 Å². The Balaban J connectivity index is 3.17. The monoisotopic (exact) mass is 170 g/mol. The van der Waals surface area contributed by atoms with Crippen LogP contribution in [0.3, 0.4) is 0 Å². The third-order valence-corrected chi connectivity index (χ3v) is 1.78. The second-order valence-electron chi connectivity index (χ2n) is 2.44. The first-order valence-electron chi connectivity index (χ1n) is 3.54. The predicted octanol–water partition coefficient (Wildman–Crippen LogP) is 2.59. The second kappa shape index (κ2) is 3.09. The molecule has 0 amide bonds. The van der Waals surface area contributed by atoms with Gasteiger partial charge in [-0.2, -0.15) is 5.10 Å². The molecule has 1 heterocycles. The fourth-order valence-corrected chi connectivity index (χ4v) is 1.33. The Morgan fingerprint density at radius 2 is 2.45 bits per heavy atom. The summed E-state index contributed by atoms with van der Waals surface area (Å²) in [5.74, 6) is 0. The van der Waals surface area contributed by atoms with E-state index in [0.717, 1.165) is 17.8 Å². The van der Waals surface area contributed by atoms with Crippen LogP contribution >= 0.6 is 11.6 Å². The summed E-state index contributed by atoms with van der Waals surface area (Å²) in [4.78, 5) is 0. The number of rotatable bonds is 2. The molecule has 0 saturated carbocycles. The van der Waals surface area contributed by atoms with Crippen molar-refractivity contribution in [2.75, 3.05) is 0 Å². The molecular weight excluding hydrogens is 160 g/mol. The van der Waals surface area contributed by atoms with E-state index < -0.39 is 0 Å². The number of nitrogens with zero attached hydrogens (tertiary/aromatic N) is 2. The third kappa shape index (κ3) is 1.46. The minimum Gasteiger partial charge on any atom is -0.264 e. The van der Waals surface area contributed by atoms with Crippen molar-refractivity contribution in [1.82, 2.24) is 9.78 Å². The Labute approximate surface area is 71.5 Å². The van der Waals surface area contributed by atoms with Crippen LogP contribution in [0.4, 0.5) is 0 Å². The fraction of sp³-hybridized carbons (Fsp3) is 0.375. The zero-order valence-corrected chi connectivity index (χ0v) is 7.52. The van der Waals surface area contributed by atoms with Crippen molar-refractivity contribution in [3.05, 3.63) is 23.5 Å². The molecule has 0 aliphatic heterocycles. The van der Waals surface area contributed by atoms with Gasteiger partial charge in [0.25, 0.3) is 0 Å². The molecule has 0 unspecified atom stereocenters. The van der Waals surface area contributed by atoms with Gasteiger partial charge in [-0.15, -0.1) is 0 Å². The van der Waals surface area contributed by atoms with Gasteiger partial charge in [0.1, 0.15) is 0 Å². The third-order valence-electron chi connectivity index (χ3n) is 1.50. The lowest BCUT2D eigenvalue weighted by atomic mass is 10.2. The molecule has 1 aromatic heterocycles. The van der Waals surface area contributed by atoms with Crippen molar-refractivity contribution in [3.63, 3.8) is 0 Å². The van der Waals surface area contributed by atoms with E-state index in [9.17, 15) is 0 Å². The number of aromatic nitrogens is 2. The van der Waals surface area contributed by atoms with E-state index in [1.54, 1.807) is 6.20 Å². The SMILES string of the molecule is C=C(C)c1c(Cl)cnn1CC. The van der Waals surface area contributed by atoms with Crippen LogP contribution in [0.5, 0.6) is 0 Å². The van der Waals surface area contributed by atoms with Gasteiger partial charge in [-0.3, -0.25) is 4.68 Å². The number of allylic oxidation sites excluding steroid dienone is 1. The van der Waals surface area contributed by atoms with Crippen molar-refractivity contribution in [2.24, 2.45) is 0 Å². The van der Waals surface area contributed by atoms with Gasteiger partial charge in [0, 0.05) is 6.54 Å². The van der Waals surface area contributed by atoms with E-state index in [4.69, 9.17) is 11.6 Å². The second-order valence-corrected chi connectivity index (χ2v) is 2.84. The molecule has 0 N–H and O–H groups in total. The van der Waals surface area contributed by atoms with E-state index in [0.29, 0.717) is 5.02 Å². The van der Waals surface area contributed by atoms with Gasteiger partial charge in [0.15, 0.2) is 0 Å². The van der Waals surface area contributed by atoms with Crippen molar-refractivity contribution in [3.8, 4) is 0 Å². The normalized spacial score (nSPS) is 10.1.